The van der Waals surface area contributed by atoms with Crippen LogP contribution in [-0.4, -0.2) is 165 Å². The fraction of sp³-hybridized carbons (Fsp3) is 0.830. The molecule has 0 fully saturated rings. The number of carboxylic acids is 3. The molecule has 72 heavy (non-hydrogen) atoms. The van der Waals surface area contributed by atoms with Crippen LogP contribution in [0.2, 0.25) is 0 Å². The number of unbranched alkanes of at least 4 members (excludes halogenated alkanes) is 14. The van der Waals surface area contributed by atoms with Gasteiger partial charge in [-0.3, -0.25) is 43.7 Å². The number of hydrogen-bond donors (Lipinski definition) is 10. The number of carboxylic acid groups (broad SMARTS) is 3. The molecule has 0 aliphatic heterocycles. The van der Waals surface area contributed by atoms with Crippen LogP contribution >= 0.6 is 43.2 Å². The van der Waals surface area contributed by atoms with Gasteiger partial charge in [0.25, 0.3) is 0 Å². The number of amides is 4. The number of nitrogens with one attached hydrogen (secondary N) is 6. The highest BCUT2D eigenvalue weighted by molar-refractivity contribution is 7.99. The predicted octanol–water partition coefficient (Wildman–Crippen LogP) is 4.66. The van der Waals surface area contributed by atoms with Crippen molar-refractivity contribution in [2.75, 3.05) is 84.5 Å². The van der Waals surface area contributed by atoms with E-state index in [-0.39, 0.29) is 126 Å². The first-order valence-electron chi connectivity index (χ1n) is 25.4. The molecule has 0 spiro atoms. The minimum atomic E-state index is -1.19. The van der Waals surface area contributed by atoms with E-state index in [2.05, 4.69) is 62.9 Å². The Hall–Kier alpha value is -2.72. The van der Waals surface area contributed by atoms with Gasteiger partial charge < -0.3 is 55.5 Å². The minimum absolute atomic E-state index is 0.0309. The highest BCUT2D eigenvalue weighted by atomic mass is 32.2. The molecule has 0 rings (SSSR count). The molecule has 0 bridgehead atoms. The molecule has 0 aromatic heterocycles. The molecule has 0 aliphatic rings. The molecule has 4 amide bonds. The molecule has 25 heteroatoms. The van der Waals surface area contributed by atoms with E-state index in [1.165, 1.54) is 38.5 Å². The summed E-state index contributed by atoms with van der Waals surface area (Å²) in [5.74, 6) is -3.35. The summed E-state index contributed by atoms with van der Waals surface area (Å²) in [7, 11) is 4.49. The van der Waals surface area contributed by atoms with Crippen molar-refractivity contribution >= 4 is 89.8 Å². The summed E-state index contributed by atoms with van der Waals surface area (Å²) in [5.41, 5.74) is 0. The van der Waals surface area contributed by atoms with E-state index in [0.29, 0.717) is 32.2 Å². The van der Waals surface area contributed by atoms with E-state index in [4.69, 9.17) is 29.2 Å². The molecule has 0 aromatic carbocycles. The van der Waals surface area contributed by atoms with Crippen LogP contribution < -0.4 is 31.4 Å². The van der Waals surface area contributed by atoms with Crippen LogP contribution in [0, 0.1) is 0 Å². The summed E-state index contributed by atoms with van der Waals surface area (Å²) in [6.07, 6.45) is 19.1. The Morgan fingerprint density at radius 3 is 1.29 bits per heavy atom. The lowest BCUT2D eigenvalue weighted by atomic mass is 10.0. The molecule has 0 saturated carbocycles. The molecule has 2 unspecified atom stereocenters. The number of ether oxygens (including phenoxy) is 4. The molecule has 21 nitrogen and oxygen atoms in total. The van der Waals surface area contributed by atoms with Crippen LogP contribution in [0.5, 0.6) is 0 Å². The standard InChI is InChI=1S/C41H76N5O14P.C4H10NOPS2.C2H6/c47-35(21-20-33(40(53)54)45-36(48)18-13-11-9-7-5-3-1-2-4-6-8-10-12-14-19-39(51)52)43-23-25-57-27-30-60-32-38(50)44-24-26-58-28-29-59-31-37(49)42-22-16-15-17-34(46-61)41(55)56;1-9-2-3(5-7)4(6)8;1-2/h33-34,46H,1-32,61H2,(H,42,49)(H,43,47)(H,44,50)(H,45,48)(H,51,52)(H,53,54)(H,55,56);3,5H,2,7H2,1H3,(H,6,8);1-2H3/t33-,34-;3-;/m00./s1. The number of rotatable bonds is 49. The lowest BCUT2D eigenvalue weighted by Crippen LogP contribution is -2.41. The van der Waals surface area contributed by atoms with Gasteiger partial charge in [0.05, 0.1) is 45.7 Å². The van der Waals surface area contributed by atoms with Crippen LogP contribution in [0.25, 0.3) is 0 Å². The van der Waals surface area contributed by atoms with Crippen LogP contribution in [0.3, 0.4) is 0 Å². The van der Waals surface area contributed by atoms with Crippen LogP contribution in [0.1, 0.15) is 149 Å². The summed E-state index contributed by atoms with van der Waals surface area (Å²) in [6.45, 7) is 5.84. The van der Waals surface area contributed by atoms with Gasteiger partial charge >= 0.3 is 17.9 Å². The third kappa shape index (κ3) is 53.6. The third-order valence-electron chi connectivity index (χ3n) is 10.3. The lowest BCUT2D eigenvalue weighted by molar-refractivity contribution is -0.142. The monoisotopic (exact) mass is 1110 g/mol. The summed E-state index contributed by atoms with van der Waals surface area (Å²) in [6, 6.07) is -1.91. The molecular formula is C47H92N6O15P2S2. The maximum absolute atomic E-state index is 12.3. The van der Waals surface area contributed by atoms with Crippen LogP contribution in [-0.2, 0) is 57.3 Å². The van der Waals surface area contributed by atoms with Gasteiger partial charge in [0.1, 0.15) is 25.3 Å². The third-order valence-corrected chi connectivity index (χ3v) is 12.0. The molecule has 0 aromatic rings. The number of aliphatic carboxylic acids is 3. The van der Waals surface area contributed by atoms with Gasteiger partial charge in [0.15, 0.2) is 0 Å². The first-order valence-corrected chi connectivity index (χ1v) is 28.4. The first kappa shape index (κ1) is 73.5. The van der Waals surface area contributed by atoms with E-state index in [1.54, 1.807) is 11.8 Å². The molecule has 0 saturated heterocycles. The van der Waals surface area contributed by atoms with E-state index in [1.807, 2.05) is 20.1 Å². The van der Waals surface area contributed by atoms with Crippen molar-refractivity contribution < 1.29 is 72.6 Å². The van der Waals surface area contributed by atoms with Crippen molar-refractivity contribution in [3.63, 3.8) is 0 Å². The van der Waals surface area contributed by atoms with Gasteiger partial charge in [0.2, 0.25) is 28.7 Å². The average Bonchev–Trinajstić information content (AvgIpc) is 3.34. The van der Waals surface area contributed by atoms with Gasteiger partial charge in [-0.05, 0) is 44.8 Å². The fourth-order valence-corrected chi connectivity index (χ4v) is 8.06. The van der Waals surface area contributed by atoms with Gasteiger partial charge in [-0.25, -0.2) is 4.79 Å². The number of carbonyl (C=O) groups is 8. The Labute approximate surface area is 443 Å². The van der Waals surface area contributed by atoms with Crippen LogP contribution in [0.15, 0.2) is 0 Å². The van der Waals surface area contributed by atoms with E-state index >= 15 is 0 Å². The van der Waals surface area contributed by atoms with Crippen molar-refractivity contribution in [2.24, 2.45) is 0 Å². The lowest BCUT2D eigenvalue weighted by Gasteiger charge is -2.14. The van der Waals surface area contributed by atoms with Crippen molar-refractivity contribution in [1.29, 1.82) is 0 Å². The van der Waals surface area contributed by atoms with Crippen molar-refractivity contribution in [3.05, 3.63) is 0 Å². The van der Waals surface area contributed by atoms with Crippen molar-refractivity contribution in [2.45, 2.75) is 167 Å². The van der Waals surface area contributed by atoms with Crippen LogP contribution in [0.4, 0.5) is 0 Å². The van der Waals surface area contributed by atoms with Gasteiger partial charge in [-0.2, -0.15) is 11.8 Å². The summed E-state index contributed by atoms with van der Waals surface area (Å²) >= 11 is 5.30. The van der Waals surface area contributed by atoms with Crippen molar-refractivity contribution in [1.82, 2.24) is 31.4 Å². The van der Waals surface area contributed by atoms with E-state index in [9.17, 15) is 43.5 Å². The fourth-order valence-electron chi connectivity index (χ4n) is 6.30. The molecule has 0 heterocycles. The summed E-state index contributed by atoms with van der Waals surface area (Å²) < 4.78 is 21.3. The smallest absolute Gasteiger partial charge is 0.326 e. The summed E-state index contributed by atoms with van der Waals surface area (Å²) in [4.78, 5) is 91.8. The van der Waals surface area contributed by atoms with Crippen molar-refractivity contribution in [3.8, 4) is 0 Å². The maximum atomic E-state index is 12.3. The normalized spacial score (nSPS) is 11.9. The molecule has 9 N–H and O–H groups in total. The zero-order valence-corrected chi connectivity index (χ0v) is 47.3. The highest BCUT2D eigenvalue weighted by Gasteiger charge is 2.21. The SMILES string of the molecule is CC.CSC[C@H](NP)C(=O)S.O=C(O)CCCCCCCCCCCCCCCCC(=O)N[C@@H](CCC(=O)NCCOCCOCC(=O)NCCOCCOCC(=O)NCCCC[C@H](NP)C(=O)O)C(=O)O. The Bertz CT molecular complexity index is 1420. The number of thiol groups is 1. The van der Waals surface area contributed by atoms with Gasteiger partial charge in [0, 0.05) is 44.6 Å². The Morgan fingerprint density at radius 1 is 0.472 bits per heavy atom. The molecule has 5 atom stereocenters. The predicted molar refractivity (Wildman–Crippen MR) is 291 cm³/mol. The second-order valence-electron chi connectivity index (χ2n) is 16.3. The molecular weight excluding hydrogens is 1010 g/mol. The minimum Gasteiger partial charge on any atom is -0.481 e. The Kier molecular flexibility index (Phi) is 57.2. The number of thioether (sulfide) groups is 1. The number of hydrogen-bond acceptors (Lipinski definition) is 15. The molecule has 0 radical (unpaired) electrons. The molecule has 422 valence electrons. The second kappa shape index (κ2) is 56.0. The van der Waals surface area contributed by atoms with E-state index < -0.39 is 30.0 Å². The largest absolute Gasteiger partial charge is 0.481 e. The molecule has 0 aliphatic carbocycles. The number of carbonyl (C=O) groups excluding carboxylic acids is 5. The van der Waals surface area contributed by atoms with Gasteiger partial charge in [-0.1, -0.05) is 110 Å². The maximum Gasteiger partial charge on any atom is 0.326 e. The zero-order valence-electron chi connectivity index (χ0n) is 43.3. The quantitative estimate of drug-likeness (QED) is 0.0225. The second-order valence-corrected chi connectivity index (χ2v) is 18.3. The zero-order chi connectivity index (χ0) is 54.5. The Morgan fingerprint density at radius 2 is 0.889 bits per heavy atom. The average molecular weight is 1110 g/mol. The topological polar surface area (TPSA) is 306 Å². The van der Waals surface area contributed by atoms with E-state index in [0.717, 1.165) is 50.7 Å². The Balaban J connectivity index is -0.00000386. The highest BCUT2D eigenvalue weighted by Crippen LogP contribution is 2.14. The summed E-state index contributed by atoms with van der Waals surface area (Å²) in [5, 5.41) is 43.0. The first-order chi connectivity index (χ1) is 34.7. The van der Waals surface area contributed by atoms with Gasteiger partial charge in [-0.15, -0.1) is 12.6 Å².